The lowest BCUT2D eigenvalue weighted by Gasteiger charge is -2.36. The molecule has 1 saturated carbocycles. The van der Waals surface area contributed by atoms with Crippen LogP contribution in [0, 0.1) is 46.0 Å². The van der Waals surface area contributed by atoms with Gasteiger partial charge in [-0.3, -0.25) is 4.90 Å². The van der Waals surface area contributed by atoms with Gasteiger partial charge in [0.2, 0.25) is 0 Å². The highest BCUT2D eigenvalue weighted by Gasteiger charge is 2.38. The summed E-state index contributed by atoms with van der Waals surface area (Å²) in [6, 6.07) is 3.92. The highest BCUT2D eigenvalue weighted by Crippen LogP contribution is 2.40. The lowest BCUT2D eigenvalue weighted by Crippen LogP contribution is -2.41. The Morgan fingerprint density at radius 2 is 1.00 bits per heavy atom. The third kappa shape index (κ3) is 26.1. The Bertz CT molecular complexity index is 2620. The van der Waals surface area contributed by atoms with Gasteiger partial charge >= 0.3 is 0 Å². The van der Waals surface area contributed by atoms with Gasteiger partial charge in [0.05, 0.1) is 19.8 Å². The summed E-state index contributed by atoms with van der Waals surface area (Å²) in [4.78, 5) is 46.9. The topological polar surface area (TPSA) is 265 Å². The molecule has 6 aromatic heterocycles. The van der Waals surface area contributed by atoms with Gasteiger partial charge in [-0.1, -0.05) is 73.4 Å². The first-order valence-electron chi connectivity index (χ1n) is 27.5. The van der Waals surface area contributed by atoms with Gasteiger partial charge in [-0.25, -0.2) is 54.8 Å². The molecule has 0 spiro atoms. The number of nitrogens with zero attached hydrogens (tertiary/aromatic N) is 12. The van der Waals surface area contributed by atoms with Crippen molar-refractivity contribution in [2.75, 3.05) is 32.9 Å². The van der Waals surface area contributed by atoms with Crippen LogP contribution in [0.3, 0.4) is 0 Å². The summed E-state index contributed by atoms with van der Waals surface area (Å²) >= 11 is 5.81. The van der Waals surface area contributed by atoms with Crippen LogP contribution in [0.1, 0.15) is 181 Å². The fourth-order valence-corrected chi connectivity index (χ4v) is 7.76. The molecule has 1 saturated heterocycles. The summed E-state index contributed by atoms with van der Waals surface area (Å²) in [5.74, 6) is 2.95. The molecule has 5 atom stereocenters. The number of halogens is 1. The highest BCUT2D eigenvalue weighted by atomic mass is 35.5. The van der Waals surface area contributed by atoms with Crippen LogP contribution in [0.5, 0.6) is 0 Å². The van der Waals surface area contributed by atoms with E-state index < -0.39 is 38.8 Å². The monoisotopic (exact) mass is 1140 g/mol. The van der Waals surface area contributed by atoms with Crippen molar-refractivity contribution >= 4 is 19.9 Å². The first kappa shape index (κ1) is 69.0. The summed E-state index contributed by atoms with van der Waals surface area (Å²) in [6.45, 7) is 35.1. The standard InChI is InChI=1S/C13H24N2O2Si.C10H13ClN2O.C10H16N2O.C9H12N2O.C9H14N2O.C8H12N2O/c1-10-7-14-12(15-8-10)11(16)9-17-18(5,6)13(2,3)4;11-10-7-9(1-2-12-10)8-13-3-5-14-6-4-13;1-7-5-11-9(12-6-7)8(13)10(2,3)4;1-6-4-10-9(11-5-6)8(12)7-2-3-7;1-3-4-8(12)9-10-5-7(2)6-11-9;1-3-7(11)8-9-4-6(2)5-10-8/h7-8,11,16H,9H2,1-6H3;1-2,7H,3-6,8H2;5-6,8,13H,1-4H3;4-5,7-8,12H,2-3H2,1H3;5-6,8,12H,3-4H2,1-2H3;4-5,7,11H,3H2,1-2H3. The number of hydrogen-bond donors (Lipinski definition) is 5. The molecule has 6 aromatic rings. The molecule has 2 aliphatic rings. The fourth-order valence-electron chi connectivity index (χ4n) is 6.55. The lowest BCUT2D eigenvalue weighted by molar-refractivity contribution is 0.0342. The van der Waals surface area contributed by atoms with Crippen molar-refractivity contribution in [3.63, 3.8) is 0 Å². The Balaban J connectivity index is 0.000000254. The van der Waals surface area contributed by atoms with E-state index in [0.29, 0.717) is 46.6 Å². The van der Waals surface area contributed by atoms with Gasteiger partial charge in [0.15, 0.2) is 37.4 Å². The average Bonchev–Trinajstić information content (AvgIpc) is 4.28. The summed E-state index contributed by atoms with van der Waals surface area (Å²) in [5, 5.41) is 48.9. The van der Waals surface area contributed by atoms with E-state index in [9.17, 15) is 25.5 Å². The van der Waals surface area contributed by atoms with Crippen LogP contribution in [0.25, 0.3) is 0 Å². The maximum absolute atomic E-state index is 10.0. The SMILES string of the molecule is CCC(O)c1ncc(C)cn1.CCCC(O)c1ncc(C)cn1.Cc1cnc(C(O)C(C)(C)C)nc1.Cc1cnc(C(O)C2CC2)nc1.Cc1cnc(C(O)CO[Si](C)(C)C(C)(C)C)nc1.Clc1cc(CN2CCOCC2)ccn1. The number of aryl methyl sites for hydroxylation is 5. The molecule has 440 valence electrons. The third-order valence-electron chi connectivity index (χ3n) is 13.0. The zero-order chi connectivity index (χ0) is 59.6. The number of pyridine rings is 1. The van der Waals surface area contributed by atoms with Gasteiger partial charge in [0.1, 0.15) is 35.7 Å². The smallest absolute Gasteiger partial charge is 0.192 e. The minimum Gasteiger partial charge on any atom is -0.414 e. The molecule has 2 fully saturated rings. The zero-order valence-electron chi connectivity index (χ0n) is 50.0. The molecule has 0 radical (unpaired) electrons. The first-order valence-corrected chi connectivity index (χ1v) is 30.8. The largest absolute Gasteiger partial charge is 0.414 e. The van der Waals surface area contributed by atoms with Crippen LogP contribution in [-0.4, -0.2) is 126 Å². The summed E-state index contributed by atoms with van der Waals surface area (Å²) in [5.41, 5.74) is 6.05. The second-order valence-electron chi connectivity index (χ2n) is 22.8. The Morgan fingerprint density at radius 3 is 1.38 bits per heavy atom. The van der Waals surface area contributed by atoms with Crippen LogP contribution in [0.15, 0.2) is 80.3 Å². The van der Waals surface area contributed by atoms with Crippen LogP contribution in [0.4, 0.5) is 0 Å². The van der Waals surface area contributed by atoms with Crippen molar-refractivity contribution in [3.8, 4) is 0 Å². The van der Waals surface area contributed by atoms with E-state index in [1.807, 2.05) is 81.4 Å². The molecule has 0 bridgehead atoms. The maximum atomic E-state index is 10.0. The van der Waals surface area contributed by atoms with E-state index >= 15 is 0 Å². The van der Waals surface area contributed by atoms with Gasteiger partial charge < -0.3 is 34.7 Å². The molecular weight excluding hydrogens is 1050 g/mol. The van der Waals surface area contributed by atoms with E-state index in [1.165, 1.54) is 5.56 Å². The second-order valence-corrected chi connectivity index (χ2v) is 28.0. The lowest BCUT2D eigenvalue weighted by atomic mass is 9.89. The quantitative estimate of drug-likeness (QED) is 0.0501. The van der Waals surface area contributed by atoms with Crippen molar-refractivity contribution in [3.05, 3.63) is 148 Å². The molecule has 19 nitrogen and oxygen atoms in total. The van der Waals surface area contributed by atoms with Crippen LogP contribution < -0.4 is 0 Å². The summed E-state index contributed by atoms with van der Waals surface area (Å²) in [6.07, 6.45) is 20.7. The molecule has 1 aliphatic carbocycles. The van der Waals surface area contributed by atoms with Crippen molar-refractivity contribution < 1.29 is 34.7 Å². The molecule has 5 unspecified atom stereocenters. The average molecular weight is 1140 g/mol. The van der Waals surface area contributed by atoms with E-state index in [0.717, 1.165) is 86.3 Å². The van der Waals surface area contributed by atoms with E-state index in [-0.39, 0.29) is 17.1 Å². The van der Waals surface area contributed by atoms with Crippen molar-refractivity contribution in [2.45, 2.75) is 177 Å². The predicted molar refractivity (Wildman–Crippen MR) is 315 cm³/mol. The molecule has 5 N–H and O–H groups in total. The van der Waals surface area contributed by atoms with Crippen LogP contribution in [-0.2, 0) is 15.7 Å². The molecule has 0 amide bonds. The first-order chi connectivity index (χ1) is 37.6. The van der Waals surface area contributed by atoms with E-state index in [4.69, 9.17) is 20.8 Å². The Labute approximate surface area is 481 Å². The number of ether oxygens (including phenoxy) is 1. The molecule has 0 aromatic carbocycles. The van der Waals surface area contributed by atoms with E-state index in [2.05, 4.69) is 93.6 Å². The number of hydrogen-bond acceptors (Lipinski definition) is 19. The van der Waals surface area contributed by atoms with Gasteiger partial charge in [-0.15, -0.1) is 0 Å². The fraction of sp³-hybridized carbons (Fsp3) is 0.576. The number of morpholine rings is 1. The van der Waals surface area contributed by atoms with Gasteiger partial charge in [0.25, 0.3) is 0 Å². The number of aliphatic hydroxyl groups is 5. The molecule has 7 heterocycles. The molecule has 80 heavy (non-hydrogen) atoms. The zero-order valence-corrected chi connectivity index (χ0v) is 51.8. The Hall–Kier alpha value is -5.26. The van der Waals surface area contributed by atoms with E-state index in [1.54, 1.807) is 68.2 Å². The van der Waals surface area contributed by atoms with Crippen LogP contribution in [0.2, 0.25) is 23.3 Å². The number of rotatable bonds is 14. The van der Waals surface area contributed by atoms with Crippen molar-refractivity contribution in [2.24, 2.45) is 11.3 Å². The minimum atomic E-state index is -1.83. The Kier molecular flexibility index (Phi) is 29.5. The summed E-state index contributed by atoms with van der Waals surface area (Å²) < 4.78 is 11.2. The van der Waals surface area contributed by atoms with Gasteiger partial charge in [-0.2, -0.15) is 0 Å². The van der Waals surface area contributed by atoms with Gasteiger partial charge in [-0.05, 0) is 135 Å². The number of aliphatic hydroxyl groups excluding tert-OH is 5. The minimum absolute atomic E-state index is 0.140. The second kappa shape index (κ2) is 34.2. The predicted octanol–water partition coefficient (Wildman–Crippen LogP) is 10.3. The van der Waals surface area contributed by atoms with Crippen molar-refractivity contribution in [1.29, 1.82) is 0 Å². The van der Waals surface area contributed by atoms with Gasteiger partial charge in [0, 0.05) is 87.8 Å². The molecule has 8 rings (SSSR count). The normalized spacial score (nSPS) is 15.4. The van der Waals surface area contributed by atoms with Crippen LogP contribution >= 0.6 is 11.6 Å². The third-order valence-corrected chi connectivity index (χ3v) is 17.7. The maximum Gasteiger partial charge on any atom is 0.192 e. The van der Waals surface area contributed by atoms with Crippen molar-refractivity contribution in [1.82, 2.24) is 59.7 Å². The summed E-state index contributed by atoms with van der Waals surface area (Å²) in [7, 11) is -1.83. The number of aromatic nitrogens is 11. The molecular formula is C59H91ClN12O7Si. The molecule has 1 aliphatic heterocycles. The highest BCUT2D eigenvalue weighted by molar-refractivity contribution is 6.74. The molecule has 21 heteroatoms. The Morgan fingerprint density at radius 1 is 0.600 bits per heavy atom.